The summed E-state index contributed by atoms with van der Waals surface area (Å²) < 4.78 is 0. The lowest BCUT2D eigenvalue weighted by Crippen LogP contribution is -2.32. The molecule has 1 heterocycles. The molecule has 0 saturated carbocycles. The van der Waals surface area contributed by atoms with Gasteiger partial charge in [0.25, 0.3) is 0 Å². The molecule has 0 atom stereocenters. The van der Waals surface area contributed by atoms with Crippen LogP contribution in [0.25, 0.3) is 0 Å². The lowest BCUT2D eigenvalue weighted by molar-refractivity contribution is 0.425. The van der Waals surface area contributed by atoms with E-state index in [1.54, 1.807) is 6.92 Å². The maximum atomic E-state index is 8.84. The Labute approximate surface area is 70.3 Å². The Kier molecular flexibility index (Phi) is 2.43. The highest BCUT2D eigenvalue weighted by Crippen LogP contribution is 1.95. The number of nitriles is 1. The molecule has 0 spiro atoms. The van der Waals surface area contributed by atoms with Crippen LogP contribution in [-0.2, 0) is 0 Å². The molecule has 60 valence electrons. The minimum Gasteiger partial charge on any atom is -0.423 e. The number of hydrogen-bond acceptors (Lipinski definition) is 4. The Morgan fingerprint density at radius 1 is 1.58 bits per heavy atom. The van der Waals surface area contributed by atoms with Crippen LogP contribution in [0.3, 0.4) is 0 Å². The molecule has 4 nitrogen and oxygen atoms in total. The van der Waals surface area contributed by atoms with Gasteiger partial charge in [-0.15, -0.1) is 0 Å². The predicted molar refractivity (Wildman–Crippen MR) is 43.5 cm³/mol. The number of nitrogens with zero attached hydrogens (tertiary/aromatic N) is 2. The number of hydrogen-bond donors (Lipinski definition) is 2. The van der Waals surface area contributed by atoms with Gasteiger partial charge >= 0.3 is 7.12 Å². The van der Waals surface area contributed by atoms with Crippen LogP contribution in [-0.4, -0.2) is 22.2 Å². The molecule has 1 rings (SSSR count). The fourth-order valence-electron chi connectivity index (χ4n) is 0.879. The molecule has 0 aliphatic rings. The normalized spacial score (nSPS) is 9.17. The van der Waals surface area contributed by atoms with E-state index in [0.717, 1.165) is 0 Å². The van der Waals surface area contributed by atoms with Crippen molar-refractivity contribution < 1.29 is 10.0 Å². The third-order valence-corrected chi connectivity index (χ3v) is 1.54. The molecule has 0 aliphatic carbocycles. The minimum atomic E-state index is -1.54. The Morgan fingerprint density at radius 3 is 2.75 bits per heavy atom. The van der Waals surface area contributed by atoms with Gasteiger partial charge in [0.15, 0.2) is 0 Å². The van der Waals surface area contributed by atoms with E-state index in [-0.39, 0.29) is 5.69 Å². The lowest BCUT2D eigenvalue weighted by Gasteiger charge is -2.02. The maximum Gasteiger partial charge on any atom is 0.488 e. The molecule has 0 aliphatic heterocycles. The molecule has 0 radical (unpaired) electrons. The summed E-state index contributed by atoms with van der Waals surface area (Å²) in [5.74, 6) is 0. The van der Waals surface area contributed by atoms with Crippen LogP contribution in [0.2, 0.25) is 0 Å². The van der Waals surface area contributed by atoms with Crippen molar-refractivity contribution in [3.63, 3.8) is 0 Å². The van der Waals surface area contributed by atoms with Crippen LogP contribution in [0.15, 0.2) is 12.3 Å². The summed E-state index contributed by atoms with van der Waals surface area (Å²) >= 11 is 0. The van der Waals surface area contributed by atoms with Gasteiger partial charge in [0.05, 0.1) is 0 Å². The molecule has 0 fully saturated rings. The number of rotatable bonds is 1. The van der Waals surface area contributed by atoms with E-state index in [2.05, 4.69) is 4.98 Å². The molecule has 2 N–H and O–H groups in total. The Balaban J connectivity index is 3.19. The van der Waals surface area contributed by atoms with Gasteiger partial charge in [0.1, 0.15) is 11.8 Å². The summed E-state index contributed by atoms with van der Waals surface area (Å²) in [5.41, 5.74) is 1.16. The highest BCUT2D eigenvalue weighted by Gasteiger charge is 2.14. The second-order valence-electron chi connectivity index (χ2n) is 2.41. The molecule has 0 saturated heterocycles. The molecular weight excluding hydrogens is 155 g/mol. The van der Waals surface area contributed by atoms with E-state index in [9.17, 15) is 0 Å². The summed E-state index contributed by atoms with van der Waals surface area (Å²) in [5, 5.41) is 26.1. The third-order valence-electron chi connectivity index (χ3n) is 1.54. The van der Waals surface area contributed by atoms with Gasteiger partial charge in [-0.25, -0.2) is 4.98 Å². The molecular formula is C7H7BN2O2. The van der Waals surface area contributed by atoms with Gasteiger partial charge in [-0.3, -0.25) is 0 Å². The van der Waals surface area contributed by atoms with Gasteiger partial charge in [-0.2, -0.15) is 5.26 Å². The van der Waals surface area contributed by atoms with Crippen LogP contribution < -0.4 is 5.46 Å². The first kappa shape index (κ1) is 8.72. The van der Waals surface area contributed by atoms with Crippen LogP contribution in [0.4, 0.5) is 0 Å². The SMILES string of the molecule is Cc1cnc(C#N)cc1B(O)O. The van der Waals surface area contributed by atoms with E-state index in [1.165, 1.54) is 12.3 Å². The zero-order valence-corrected chi connectivity index (χ0v) is 6.52. The van der Waals surface area contributed by atoms with Gasteiger partial charge in [-0.1, -0.05) is 0 Å². The van der Waals surface area contributed by atoms with Crippen molar-refractivity contribution in [1.82, 2.24) is 4.98 Å². The van der Waals surface area contributed by atoms with Crippen LogP contribution in [0.5, 0.6) is 0 Å². The maximum absolute atomic E-state index is 8.84. The summed E-state index contributed by atoms with van der Waals surface area (Å²) in [4.78, 5) is 3.76. The first-order valence-electron chi connectivity index (χ1n) is 3.38. The highest BCUT2D eigenvalue weighted by molar-refractivity contribution is 6.59. The van der Waals surface area contributed by atoms with Crippen molar-refractivity contribution in [2.24, 2.45) is 0 Å². The summed E-state index contributed by atoms with van der Waals surface area (Å²) in [6, 6.07) is 3.18. The van der Waals surface area contributed by atoms with Crippen molar-refractivity contribution in [2.45, 2.75) is 6.92 Å². The van der Waals surface area contributed by atoms with Gasteiger partial charge in [0, 0.05) is 6.20 Å². The fraction of sp³-hybridized carbons (Fsp3) is 0.143. The molecule has 0 bridgehead atoms. The first-order chi connectivity index (χ1) is 5.65. The van der Waals surface area contributed by atoms with Gasteiger partial charge < -0.3 is 10.0 Å². The van der Waals surface area contributed by atoms with Crippen LogP contribution >= 0.6 is 0 Å². The topological polar surface area (TPSA) is 77.1 Å². The highest BCUT2D eigenvalue weighted by atomic mass is 16.4. The molecule has 12 heavy (non-hydrogen) atoms. The second-order valence-corrected chi connectivity index (χ2v) is 2.41. The van der Waals surface area contributed by atoms with Crippen molar-refractivity contribution in [3.8, 4) is 6.07 Å². The average molecular weight is 162 g/mol. The third kappa shape index (κ3) is 1.61. The van der Waals surface area contributed by atoms with Gasteiger partial charge in [-0.05, 0) is 24.0 Å². The number of aromatic nitrogens is 1. The molecule has 0 unspecified atom stereocenters. The quantitative estimate of drug-likeness (QED) is 0.516. The Hall–Kier alpha value is -1.38. The summed E-state index contributed by atoms with van der Waals surface area (Å²) in [6.07, 6.45) is 1.44. The van der Waals surface area contributed by atoms with Crippen LogP contribution in [0, 0.1) is 18.3 Å². The fourth-order valence-corrected chi connectivity index (χ4v) is 0.879. The smallest absolute Gasteiger partial charge is 0.423 e. The zero-order chi connectivity index (χ0) is 9.14. The molecule has 1 aromatic heterocycles. The Morgan fingerprint density at radius 2 is 2.25 bits per heavy atom. The monoisotopic (exact) mass is 162 g/mol. The van der Waals surface area contributed by atoms with Crippen molar-refractivity contribution in [2.75, 3.05) is 0 Å². The Bertz CT molecular complexity index is 333. The lowest BCUT2D eigenvalue weighted by atomic mass is 9.78. The van der Waals surface area contributed by atoms with E-state index >= 15 is 0 Å². The van der Waals surface area contributed by atoms with E-state index in [4.69, 9.17) is 15.3 Å². The van der Waals surface area contributed by atoms with Gasteiger partial charge in [0.2, 0.25) is 0 Å². The largest absolute Gasteiger partial charge is 0.488 e. The predicted octanol–water partition coefficient (Wildman–Crippen LogP) is -1.06. The standard InChI is InChI=1S/C7H7BN2O2/c1-5-4-10-6(3-9)2-7(5)8(11)12/h2,4,11-12H,1H3. The minimum absolute atomic E-state index is 0.184. The summed E-state index contributed by atoms with van der Waals surface area (Å²) in [6.45, 7) is 1.70. The molecule has 5 heteroatoms. The summed E-state index contributed by atoms with van der Waals surface area (Å²) in [7, 11) is -1.54. The molecule has 0 amide bonds. The van der Waals surface area contributed by atoms with E-state index < -0.39 is 7.12 Å². The van der Waals surface area contributed by atoms with Crippen molar-refractivity contribution in [3.05, 3.63) is 23.5 Å². The second kappa shape index (κ2) is 3.35. The average Bonchev–Trinajstić information content (AvgIpc) is 2.05. The number of pyridine rings is 1. The zero-order valence-electron chi connectivity index (χ0n) is 6.52. The molecule has 0 aromatic carbocycles. The van der Waals surface area contributed by atoms with E-state index in [1.807, 2.05) is 6.07 Å². The first-order valence-corrected chi connectivity index (χ1v) is 3.38. The van der Waals surface area contributed by atoms with Crippen molar-refractivity contribution in [1.29, 1.82) is 5.26 Å². The van der Waals surface area contributed by atoms with Crippen molar-refractivity contribution >= 4 is 12.6 Å². The molecule has 1 aromatic rings. The van der Waals surface area contributed by atoms with E-state index in [0.29, 0.717) is 11.0 Å². The number of aryl methyl sites for hydroxylation is 1. The van der Waals surface area contributed by atoms with Crippen LogP contribution in [0.1, 0.15) is 11.3 Å².